The molecule has 2 aromatic carbocycles. The predicted octanol–water partition coefficient (Wildman–Crippen LogP) is 4.85. The first-order valence-corrected chi connectivity index (χ1v) is 9.28. The summed E-state index contributed by atoms with van der Waals surface area (Å²) in [6.07, 6.45) is 5.61. The summed E-state index contributed by atoms with van der Waals surface area (Å²) in [7, 11) is 0. The van der Waals surface area contributed by atoms with Gasteiger partial charge in [0.15, 0.2) is 0 Å². The summed E-state index contributed by atoms with van der Waals surface area (Å²) in [5.41, 5.74) is 3.97. The third-order valence-electron chi connectivity index (χ3n) is 4.18. The van der Waals surface area contributed by atoms with Gasteiger partial charge in [-0.15, -0.1) is 0 Å². The van der Waals surface area contributed by atoms with Crippen LogP contribution in [0.1, 0.15) is 23.6 Å². The maximum absolute atomic E-state index is 12.0. The fourth-order valence-corrected chi connectivity index (χ4v) is 2.78. The molecule has 0 aliphatic carbocycles. The van der Waals surface area contributed by atoms with E-state index < -0.39 is 0 Å². The third-order valence-corrected chi connectivity index (χ3v) is 4.18. The number of pyridine rings is 1. The molecule has 4 nitrogen and oxygen atoms in total. The summed E-state index contributed by atoms with van der Waals surface area (Å²) < 4.78 is 10.9. The lowest BCUT2D eigenvalue weighted by Gasteiger charge is -2.10. The minimum atomic E-state index is -0.343. The van der Waals surface area contributed by atoms with Crippen LogP contribution in [-0.4, -0.2) is 17.6 Å². The SMILES string of the molecule is CCOC(=O)/C=C(/Cc1ccc(OCc2ccccc2)cc1)c1cccnc1. The van der Waals surface area contributed by atoms with Gasteiger partial charge in [0.05, 0.1) is 6.61 Å². The van der Waals surface area contributed by atoms with Gasteiger partial charge in [0, 0.05) is 18.5 Å². The number of allylic oxidation sites excluding steroid dienone is 1. The highest BCUT2D eigenvalue weighted by atomic mass is 16.5. The lowest BCUT2D eigenvalue weighted by molar-refractivity contribution is -0.137. The van der Waals surface area contributed by atoms with Crippen LogP contribution in [0, 0.1) is 0 Å². The first-order chi connectivity index (χ1) is 13.7. The Balaban J connectivity index is 1.69. The second-order valence-electron chi connectivity index (χ2n) is 6.26. The smallest absolute Gasteiger partial charge is 0.331 e. The Hall–Kier alpha value is -3.40. The zero-order valence-corrected chi connectivity index (χ0v) is 15.9. The van der Waals surface area contributed by atoms with Crippen LogP contribution in [0.15, 0.2) is 85.2 Å². The highest BCUT2D eigenvalue weighted by Crippen LogP contribution is 2.21. The van der Waals surface area contributed by atoms with Crippen LogP contribution in [0.3, 0.4) is 0 Å². The number of rotatable bonds is 8. The van der Waals surface area contributed by atoms with Gasteiger partial charge < -0.3 is 9.47 Å². The number of nitrogens with zero attached hydrogens (tertiary/aromatic N) is 1. The molecule has 0 unspecified atom stereocenters. The number of aromatic nitrogens is 1. The van der Waals surface area contributed by atoms with E-state index in [2.05, 4.69) is 4.98 Å². The van der Waals surface area contributed by atoms with E-state index in [1.807, 2.05) is 66.7 Å². The largest absolute Gasteiger partial charge is 0.489 e. The van der Waals surface area contributed by atoms with E-state index in [-0.39, 0.29) is 5.97 Å². The van der Waals surface area contributed by atoms with E-state index in [1.54, 1.807) is 25.4 Å². The van der Waals surface area contributed by atoms with Crippen LogP contribution in [0.4, 0.5) is 0 Å². The Labute approximate surface area is 165 Å². The van der Waals surface area contributed by atoms with E-state index in [0.717, 1.165) is 28.0 Å². The fraction of sp³-hybridized carbons (Fsp3) is 0.167. The summed E-state index contributed by atoms with van der Waals surface area (Å²) >= 11 is 0. The predicted molar refractivity (Wildman–Crippen MR) is 110 cm³/mol. The summed E-state index contributed by atoms with van der Waals surface area (Å²) in [5, 5.41) is 0. The first kappa shape index (κ1) is 19.4. The highest BCUT2D eigenvalue weighted by molar-refractivity contribution is 5.91. The van der Waals surface area contributed by atoms with Crippen LogP contribution in [0.5, 0.6) is 5.75 Å². The van der Waals surface area contributed by atoms with Crippen molar-refractivity contribution in [3.8, 4) is 5.75 Å². The molecule has 1 heterocycles. The molecule has 0 N–H and O–H groups in total. The van der Waals surface area contributed by atoms with Gasteiger partial charge in [0.1, 0.15) is 12.4 Å². The van der Waals surface area contributed by atoms with E-state index in [0.29, 0.717) is 19.6 Å². The first-order valence-electron chi connectivity index (χ1n) is 9.28. The standard InChI is InChI=1S/C24H23NO3/c1-2-27-24(26)16-22(21-9-6-14-25-17-21)15-19-10-12-23(13-11-19)28-18-20-7-4-3-5-8-20/h3-14,16-17H,2,15,18H2,1H3/b22-16-. The van der Waals surface area contributed by atoms with Crippen molar-refractivity contribution in [1.82, 2.24) is 4.98 Å². The number of carbonyl (C=O) groups is 1. The van der Waals surface area contributed by atoms with Crippen LogP contribution in [-0.2, 0) is 22.6 Å². The van der Waals surface area contributed by atoms with E-state index in [1.165, 1.54) is 0 Å². The maximum Gasteiger partial charge on any atom is 0.331 e. The van der Waals surface area contributed by atoms with Crippen LogP contribution in [0.2, 0.25) is 0 Å². The average molecular weight is 373 g/mol. The molecule has 0 radical (unpaired) electrons. The van der Waals surface area contributed by atoms with Crippen molar-refractivity contribution in [3.05, 3.63) is 102 Å². The quantitative estimate of drug-likeness (QED) is 0.418. The van der Waals surface area contributed by atoms with E-state index in [4.69, 9.17) is 9.47 Å². The monoisotopic (exact) mass is 373 g/mol. The lowest BCUT2D eigenvalue weighted by atomic mass is 9.99. The molecule has 0 amide bonds. The molecule has 4 heteroatoms. The topological polar surface area (TPSA) is 48.4 Å². The van der Waals surface area contributed by atoms with Crippen molar-refractivity contribution in [2.45, 2.75) is 20.0 Å². The van der Waals surface area contributed by atoms with Gasteiger partial charge >= 0.3 is 5.97 Å². The molecule has 0 atom stereocenters. The van der Waals surface area contributed by atoms with Crippen molar-refractivity contribution in [3.63, 3.8) is 0 Å². The van der Waals surface area contributed by atoms with Gasteiger partial charge in [-0.05, 0) is 53.8 Å². The average Bonchev–Trinajstić information content (AvgIpc) is 2.74. The maximum atomic E-state index is 12.0. The Morgan fingerprint density at radius 1 is 0.964 bits per heavy atom. The fourth-order valence-electron chi connectivity index (χ4n) is 2.78. The Morgan fingerprint density at radius 3 is 2.43 bits per heavy atom. The molecular formula is C24H23NO3. The van der Waals surface area contributed by atoms with Gasteiger partial charge in [-0.3, -0.25) is 4.98 Å². The molecule has 0 bridgehead atoms. The van der Waals surface area contributed by atoms with Crippen molar-refractivity contribution in [1.29, 1.82) is 0 Å². The normalized spacial score (nSPS) is 11.1. The number of carbonyl (C=O) groups excluding carboxylic acids is 1. The molecule has 0 aliphatic heterocycles. The molecule has 0 saturated carbocycles. The molecule has 3 aromatic rings. The summed E-state index contributed by atoms with van der Waals surface area (Å²) in [6, 6.07) is 21.8. The van der Waals surface area contributed by atoms with Gasteiger partial charge in [-0.25, -0.2) is 4.79 Å². The molecule has 0 aliphatic rings. The van der Waals surface area contributed by atoms with Gasteiger partial charge in [0.2, 0.25) is 0 Å². The zero-order valence-electron chi connectivity index (χ0n) is 15.9. The van der Waals surface area contributed by atoms with Crippen LogP contribution < -0.4 is 4.74 Å². The van der Waals surface area contributed by atoms with Gasteiger partial charge in [0.25, 0.3) is 0 Å². The molecule has 3 rings (SSSR count). The number of esters is 1. The number of hydrogen-bond acceptors (Lipinski definition) is 4. The van der Waals surface area contributed by atoms with E-state index in [9.17, 15) is 4.79 Å². The van der Waals surface area contributed by atoms with Gasteiger partial charge in [-0.2, -0.15) is 0 Å². The second kappa shape index (κ2) is 10.1. The van der Waals surface area contributed by atoms with Crippen molar-refractivity contribution >= 4 is 11.5 Å². The second-order valence-corrected chi connectivity index (χ2v) is 6.26. The zero-order chi connectivity index (χ0) is 19.6. The Kier molecular flexibility index (Phi) is 6.96. The molecule has 0 fully saturated rings. The molecule has 1 aromatic heterocycles. The van der Waals surface area contributed by atoms with Crippen molar-refractivity contribution < 1.29 is 14.3 Å². The summed E-state index contributed by atoms with van der Waals surface area (Å²) in [5.74, 6) is 0.467. The number of hydrogen-bond donors (Lipinski definition) is 0. The molecule has 0 saturated heterocycles. The Morgan fingerprint density at radius 2 is 1.75 bits per heavy atom. The minimum Gasteiger partial charge on any atom is -0.489 e. The molecule has 0 spiro atoms. The Bertz CT molecular complexity index is 904. The third kappa shape index (κ3) is 5.81. The number of ether oxygens (including phenoxy) is 2. The number of benzene rings is 2. The molecule has 28 heavy (non-hydrogen) atoms. The summed E-state index contributed by atoms with van der Waals surface area (Å²) in [6.45, 7) is 2.68. The van der Waals surface area contributed by atoms with Crippen molar-refractivity contribution in [2.75, 3.05) is 6.61 Å². The van der Waals surface area contributed by atoms with Gasteiger partial charge in [-0.1, -0.05) is 48.5 Å². The van der Waals surface area contributed by atoms with Crippen LogP contribution >= 0.6 is 0 Å². The van der Waals surface area contributed by atoms with Crippen LogP contribution in [0.25, 0.3) is 5.57 Å². The highest BCUT2D eigenvalue weighted by Gasteiger charge is 2.08. The van der Waals surface area contributed by atoms with Crippen molar-refractivity contribution in [2.24, 2.45) is 0 Å². The lowest BCUT2D eigenvalue weighted by Crippen LogP contribution is -2.02. The molecule has 142 valence electrons. The van der Waals surface area contributed by atoms with E-state index >= 15 is 0 Å². The summed E-state index contributed by atoms with van der Waals surface area (Å²) in [4.78, 5) is 16.1. The minimum absolute atomic E-state index is 0.343. The molecular weight excluding hydrogens is 350 g/mol.